The Morgan fingerprint density at radius 2 is 1.64 bits per heavy atom. The summed E-state index contributed by atoms with van der Waals surface area (Å²) in [4.78, 5) is 14.5. The number of rotatable bonds is 3. The van der Waals surface area contributed by atoms with E-state index in [0.29, 0.717) is 24.5 Å². The van der Waals surface area contributed by atoms with Crippen molar-refractivity contribution in [3.63, 3.8) is 0 Å². The number of aromatic nitrogens is 3. The lowest BCUT2D eigenvalue weighted by Crippen LogP contribution is -2.39. The van der Waals surface area contributed by atoms with Crippen molar-refractivity contribution in [2.24, 2.45) is 7.05 Å². The Hall–Kier alpha value is -3.09. The molecule has 1 unspecified atom stereocenters. The highest BCUT2D eigenvalue weighted by atomic mass is 19.1. The maximum absolute atomic E-state index is 13.2. The fourth-order valence-electron chi connectivity index (χ4n) is 3.69. The van der Waals surface area contributed by atoms with Crippen LogP contribution in [0.25, 0.3) is 11.4 Å². The largest absolute Gasteiger partial charge is 0.338 e. The lowest BCUT2D eigenvalue weighted by molar-refractivity contribution is 0.0703. The minimum Gasteiger partial charge on any atom is -0.338 e. The molecule has 1 amide bonds. The molecule has 0 spiro atoms. The van der Waals surface area contributed by atoms with Crippen molar-refractivity contribution in [1.82, 2.24) is 19.7 Å². The predicted octanol–water partition coefficient (Wildman–Crippen LogP) is 3.78. The van der Waals surface area contributed by atoms with Gasteiger partial charge in [-0.1, -0.05) is 0 Å². The van der Waals surface area contributed by atoms with E-state index in [1.807, 2.05) is 11.6 Å². The van der Waals surface area contributed by atoms with E-state index in [2.05, 4.69) is 10.2 Å². The summed E-state index contributed by atoms with van der Waals surface area (Å²) >= 11 is 0. The molecule has 0 N–H and O–H groups in total. The molecule has 144 valence electrons. The maximum atomic E-state index is 13.2. The Kier molecular flexibility index (Phi) is 4.90. The van der Waals surface area contributed by atoms with Gasteiger partial charge in [0.05, 0.1) is 0 Å². The lowest BCUT2D eigenvalue weighted by Gasteiger charge is -2.32. The normalized spacial score (nSPS) is 17.0. The fraction of sp³-hybridized carbons (Fsp3) is 0.286. The Morgan fingerprint density at radius 3 is 2.32 bits per heavy atom. The highest BCUT2D eigenvalue weighted by Gasteiger charge is 2.29. The zero-order chi connectivity index (χ0) is 19.7. The number of halogens is 2. The molecule has 3 aromatic rings. The van der Waals surface area contributed by atoms with Gasteiger partial charge in [-0.25, -0.2) is 8.78 Å². The number of likely N-dealkylation sites (tertiary alicyclic amines) is 1. The standard InChI is InChI=1S/C21H20F2N4O/c1-26-19(14-4-8-17(22)9-5-14)24-25-20(26)16-3-2-12-27(13-16)21(28)15-6-10-18(23)11-7-15/h4-11,16H,2-3,12-13H2,1H3. The van der Waals surface area contributed by atoms with E-state index in [-0.39, 0.29) is 23.5 Å². The fourth-order valence-corrected chi connectivity index (χ4v) is 3.69. The number of carbonyl (C=O) groups excluding carboxylic acids is 1. The van der Waals surface area contributed by atoms with Gasteiger partial charge in [0.1, 0.15) is 17.5 Å². The number of nitrogens with zero attached hydrogens (tertiary/aromatic N) is 4. The Morgan fingerprint density at radius 1 is 1.00 bits per heavy atom. The molecule has 1 aliphatic rings. The van der Waals surface area contributed by atoms with Crippen LogP contribution >= 0.6 is 0 Å². The molecule has 0 saturated carbocycles. The highest BCUT2D eigenvalue weighted by molar-refractivity contribution is 5.94. The molecule has 2 heterocycles. The highest BCUT2D eigenvalue weighted by Crippen LogP contribution is 2.29. The van der Waals surface area contributed by atoms with E-state index in [9.17, 15) is 13.6 Å². The molecular weight excluding hydrogens is 362 g/mol. The minimum absolute atomic E-state index is 0.0600. The summed E-state index contributed by atoms with van der Waals surface area (Å²) in [5, 5.41) is 8.62. The third kappa shape index (κ3) is 3.52. The number of benzene rings is 2. The van der Waals surface area contributed by atoms with Crippen molar-refractivity contribution in [2.45, 2.75) is 18.8 Å². The van der Waals surface area contributed by atoms with Crippen LogP contribution in [0.15, 0.2) is 48.5 Å². The second-order valence-corrected chi connectivity index (χ2v) is 7.04. The minimum atomic E-state index is -0.361. The first-order valence-electron chi connectivity index (χ1n) is 9.23. The molecule has 1 fully saturated rings. The summed E-state index contributed by atoms with van der Waals surface area (Å²) in [5.74, 6) is 0.761. The molecule has 1 saturated heterocycles. The molecule has 28 heavy (non-hydrogen) atoms. The quantitative estimate of drug-likeness (QED) is 0.693. The van der Waals surface area contributed by atoms with Crippen LogP contribution in [-0.2, 0) is 7.05 Å². The zero-order valence-corrected chi connectivity index (χ0v) is 15.5. The van der Waals surface area contributed by atoms with Crippen LogP contribution < -0.4 is 0 Å². The van der Waals surface area contributed by atoms with Crippen molar-refractivity contribution in [2.75, 3.05) is 13.1 Å². The number of piperidine rings is 1. The SMILES string of the molecule is Cn1c(-c2ccc(F)cc2)nnc1C1CCCN(C(=O)c2ccc(F)cc2)C1. The molecular formula is C21H20F2N4O. The molecule has 1 aliphatic heterocycles. The number of carbonyl (C=O) groups is 1. The zero-order valence-electron chi connectivity index (χ0n) is 15.5. The number of hydrogen-bond donors (Lipinski definition) is 0. The first-order chi connectivity index (χ1) is 13.5. The van der Waals surface area contributed by atoms with Crippen LogP contribution in [0.2, 0.25) is 0 Å². The van der Waals surface area contributed by atoms with E-state index < -0.39 is 0 Å². The van der Waals surface area contributed by atoms with E-state index in [1.165, 1.54) is 36.4 Å². The summed E-state index contributed by atoms with van der Waals surface area (Å²) in [6, 6.07) is 11.8. The molecule has 0 bridgehead atoms. The summed E-state index contributed by atoms with van der Waals surface area (Å²) < 4.78 is 28.2. The van der Waals surface area contributed by atoms with Crippen LogP contribution in [0.4, 0.5) is 8.78 Å². The van der Waals surface area contributed by atoms with Crippen LogP contribution in [-0.4, -0.2) is 38.7 Å². The third-order valence-electron chi connectivity index (χ3n) is 5.18. The molecule has 7 heteroatoms. The van der Waals surface area contributed by atoms with Gasteiger partial charge in [0.2, 0.25) is 0 Å². The molecule has 1 atom stereocenters. The Labute approximate surface area is 161 Å². The van der Waals surface area contributed by atoms with Crippen LogP contribution in [0, 0.1) is 11.6 Å². The Bertz CT molecular complexity index is 983. The van der Waals surface area contributed by atoms with Gasteiger partial charge in [0.15, 0.2) is 5.82 Å². The van der Waals surface area contributed by atoms with Gasteiger partial charge in [-0.3, -0.25) is 4.79 Å². The molecule has 5 nitrogen and oxygen atoms in total. The molecule has 2 aromatic carbocycles. The lowest BCUT2D eigenvalue weighted by atomic mass is 9.96. The van der Waals surface area contributed by atoms with Crippen LogP contribution in [0.5, 0.6) is 0 Å². The third-order valence-corrected chi connectivity index (χ3v) is 5.18. The topological polar surface area (TPSA) is 51.0 Å². The first kappa shape index (κ1) is 18.3. The van der Waals surface area contributed by atoms with E-state index in [1.54, 1.807) is 17.0 Å². The van der Waals surface area contributed by atoms with Gasteiger partial charge >= 0.3 is 0 Å². The van der Waals surface area contributed by atoms with Crippen molar-refractivity contribution in [1.29, 1.82) is 0 Å². The Balaban J connectivity index is 1.54. The van der Waals surface area contributed by atoms with E-state index in [0.717, 1.165) is 24.2 Å². The van der Waals surface area contributed by atoms with Crippen molar-refractivity contribution >= 4 is 5.91 Å². The molecule has 0 aliphatic carbocycles. The average molecular weight is 382 g/mol. The van der Waals surface area contributed by atoms with Crippen LogP contribution in [0.3, 0.4) is 0 Å². The van der Waals surface area contributed by atoms with Gasteiger partial charge < -0.3 is 9.47 Å². The van der Waals surface area contributed by atoms with Gasteiger partial charge in [-0.15, -0.1) is 10.2 Å². The second kappa shape index (κ2) is 7.50. The molecule has 0 radical (unpaired) electrons. The summed E-state index contributed by atoms with van der Waals surface area (Å²) in [5.41, 5.74) is 1.27. The summed E-state index contributed by atoms with van der Waals surface area (Å²) in [6.45, 7) is 1.20. The summed E-state index contributed by atoms with van der Waals surface area (Å²) in [6.07, 6.45) is 1.76. The number of hydrogen-bond acceptors (Lipinski definition) is 3. The van der Waals surface area contributed by atoms with E-state index in [4.69, 9.17) is 0 Å². The van der Waals surface area contributed by atoms with Crippen LogP contribution in [0.1, 0.15) is 34.9 Å². The predicted molar refractivity (Wildman–Crippen MR) is 101 cm³/mol. The van der Waals surface area contributed by atoms with Gasteiger partial charge in [0, 0.05) is 37.2 Å². The molecule has 4 rings (SSSR count). The monoisotopic (exact) mass is 382 g/mol. The van der Waals surface area contributed by atoms with Crippen molar-refractivity contribution in [3.05, 3.63) is 71.6 Å². The maximum Gasteiger partial charge on any atom is 0.253 e. The van der Waals surface area contributed by atoms with E-state index >= 15 is 0 Å². The first-order valence-corrected chi connectivity index (χ1v) is 9.23. The summed E-state index contributed by atoms with van der Waals surface area (Å²) in [7, 11) is 1.88. The van der Waals surface area contributed by atoms with Gasteiger partial charge in [-0.05, 0) is 61.4 Å². The van der Waals surface area contributed by atoms with Crippen molar-refractivity contribution in [3.8, 4) is 11.4 Å². The second-order valence-electron chi connectivity index (χ2n) is 7.04. The average Bonchev–Trinajstić information content (AvgIpc) is 3.10. The van der Waals surface area contributed by atoms with Crippen molar-refractivity contribution < 1.29 is 13.6 Å². The molecule has 1 aromatic heterocycles. The van der Waals surface area contributed by atoms with Gasteiger partial charge in [0.25, 0.3) is 5.91 Å². The number of amides is 1. The van der Waals surface area contributed by atoms with Gasteiger partial charge in [-0.2, -0.15) is 0 Å². The smallest absolute Gasteiger partial charge is 0.253 e.